The van der Waals surface area contributed by atoms with E-state index in [1.807, 2.05) is 12.1 Å². The minimum absolute atomic E-state index is 0.117. The summed E-state index contributed by atoms with van der Waals surface area (Å²) in [4.78, 5) is 0. The van der Waals surface area contributed by atoms with Gasteiger partial charge in [0.15, 0.2) is 0 Å². The van der Waals surface area contributed by atoms with Gasteiger partial charge in [0.25, 0.3) is 0 Å². The largest absolute Gasteiger partial charge is 0.348 e. The second-order valence-corrected chi connectivity index (χ2v) is 6.94. The molecule has 1 aromatic carbocycles. The fraction of sp³-hybridized carbons (Fsp3) is 0.625. The Balaban J connectivity index is 1.90. The molecule has 4 heteroatoms. The number of benzene rings is 1. The van der Waals surface area contributed by atoms with Gasteiger partial charge in [0.05, 0.1) is 0 Å². The minimum atomic E-state index is -3.26. The van der Waals surface area contributed by atoms with Crippen molar-refractivity contribution in [1.82, 2.24) is 0 Å². The van der Waals surface area contributed by atoms with Gasteiger partial charge in [0.2, 0.25) is 0 Å². The molecule has 1 saturated carbocycles. The Kier molecular flexibility index (Phi) is 5.85. The number of hydrogen-bond acceptors (Lipinski definition) is 0. The zero-order chi connectivity index (χ0) is 14.6. The standard InChI is InChI=1S/C16H20BrClF2/c17-11-1-2-12-3-5-13(6-4-12)14-7-9-15(10-8-14)16(18,19)20/h7-10,12-13H,1-6,11H2/t12-,13-. The van der Waals surface area contributed by atoms with Crippen molar-refractivity contribution in [3.05, 3.63) is 35.4 Å². The third-order valence-electron chi connectivity index (χ3n) is 4.30. The highest BCUT2D eigenvalue weighted by molar-refractivity contribution is 9.09. The van der Waals surface area contributed by atoms with Gasteiger partial charge in [-0.2, -0.15) is 8.78 Å². The maximum atomic E-state index is 13.0. The molecule has 0 aliphatic heterocycles. The van der Waals surface area contributed by atoms with Crippen molar-refractivity contribution in [2.45, 2.75) is 49.8 Å². The zero-order valence-electron chi connectivity index (χ0n) is 11.4. The molecule has 0 heterocycles. The third-order valence-corrected chi connectivity index (χ3v) is 5.08. The summed E-state index contributed by atoms with van der Waals surface area (Å²) in [6.07, 6.45) is 7.40. The maximum Gasteiger partial charge on any atom is 0.348 e. The second kappa shape index (κ2) is 7.22. The van der Waals surface area contributed by atoms with Gasteiger partial charge in [-0.15, -0.1) is 0 Å². The van der Waals surface area contributed by atoms with Gasteiger partial charge in [-0.05, 0) is 67.5 Å². The lowest BCUT2D eigenvalue weighted by molar-refractivity contribution is 0.0951. The van der Waals surface area contributed by atoms with Crippen molar-refractivity contribution >= 4 is 27.5 Å². The first-order chi connectivity index (χ1) is 9.50. The molecule has 0 unspecified atom stereocenters. The number of rotatable bonds is 5. The average Bonchev–Trinajstić information content (AvgIpc) is 2.45. The van der Waals surface area contributed by atoms with E-state index < -0.39 is 5.38 Å². The van der Waals surface area contributed by atoms with Crippen LogP contribution in [0.5, 0.6) is 0 Å². The van der Waals surface area contributed by atoms with Crippen molar-refractivity contribution in [2.24, 2.45) is 5.92 Å². The molecule has 1 aliphatic carbocycles. The number of halogens is 4. The van der Waals surface area contributed by atoms with Gasteiger partial charge < -0.3 is 0 Å². The van der Waals surface area contributed by atoms with Crippen LogP contribution in [0.1, 0.15) is 55.6 Å². The van der Waals surface area contributed by atoms with Gasteiger partial charge >= 0.3 is 5.38 Å². The van der Waals surface area contributed by atoms with E-state index >= 15 is 0 Å². The highest BCUT2D eigenvalue weighted by Gasteiger charge is 2.28. The fourth-order valence-electron chi connectivity index (χ4n) is 3.09. The van der Waals surface area contributed by atoms with Crippen LogP contribution >= 0.6 is 27.5 Å². The van der Waals surface area contributed by atoms with Crippen LogP contribution in [0.15, 0.2) is 24.3 Å². The molecule has 0 spiro atoms. The highest BCUT2D eigenvalue weighted by Crippen LogP contribution is 2.39. The van der Waals surface area contributed by atoms with Crippen molar-refractivity contribution in [1.29, 1.82) is 0 Å². The molecule has 112 valence electrons. The predicted octanol–water partition coefficient (Wildman–Crippen LogP) is 6.42. The molecule has 2 rings (SSSR count). The molecule has 0 bridgehead atoms. The predicted molar refractivity (Wildman–Crippen MR) is 83.9 cm³/mol. The third kappa shape index (κ3) is 4.42. The van der Waals surface area contributed by atoms with Crippen LogP contribution in [0, 0.1) is 5.92 Å². The molecule has 1 aliphatic rings. The van der Waals surface area contributed by atoms with Gasteiger partial charge in [-0.1, -0.05) is 40.2 Å². The van der Waals surface area contributed by atoms with E-state index in [-0.39, 0.29) is 5.56 Å². The van der Waals surface area contributed by atoms with E-state index in [1.54, 1.807) is 0 Å². The Bertz CT molecular complexity index is 405. The van der Waals surface area contributed by atoms with Crippen LogP contribution in [0.4, 0.5) is 8.78 Å². The second-order valence-electron chi connectivity index (χ2n) is 5.67. The first-order valence-electron chi connectivity index (χ1n) is 7.24. The molecule has 0 saturated heterocycles. The first kappa shape index (κ1) is 16.2. The lowest BCUT2D eigenvalue weighted by Crippen LogP contribution is -2.13. The van der Waals surface area contributed by atoms with E-state index in [2.05, 4.69) is 15.9 Å². The van der Waals surface area contributed by atoms with E-state index in [1.165, 1.54) is 56.2 Å². The fourth-order valence-corrected chi connectivity index (χ4v) is 3.54. The minimum Gasteiger partial charge on any atom is -0.183 e. The van der Waals surface area contributed by atoms with Gasteiger partial charge in [0.1, 0.15) is 0 Å². The lowest BCUT2D eigenvalue weighted by atomic mass is 9.77. The van der Waals surface area contributed by atoms with E-state index in [0.29, 0.717) is 5.92 Å². The number of hydrogen-bond donors (Lipinski definition) is 0. The van der Waals surface area contributed by atoms with Crippen LogP contribution in [0.2, 0.25) is 0 Å². The van der Waals surface area contributed by atoms with Crippen molar-refractivity contribution in [2.75, 3.05) is 5.33 Å². The Morgan fingerprint density at radius 2 is 1.70 bits per heavy atom. The normalized spacial score (nSPS) is 23.8. The molecular weight excluding hydrogens is 346 g/mol. The molecule has 20 heavy (non-hydrogen) atoms. The molecule has 0 atom stereocenters. The van der Waals surface area contributed by atoms with E-state index in [4.69, 9.17) is 11.6 Å². The summed E-state index contributed by atoms with van der Waals surface area (Å²) in [7, 11) is 0. The van der Waals surface area contributed by atoms with Crippen LogP contribution < -0.4 is 0 Å². The Hall–Kier alpha value is -0.150. The lowest BCUT2D eigenvalue weighted by Gasteiger charge is -2.29. The molecule has 0 N–H and O–H groups in total. The first-order valence-corrected chi connectivity index (χ1v) is 8.73. The summed E-state index contributed by atoms with van der Waals surface area (Å²) in [6, 6.07) is 6.54. The Labute approximate surface area is 133 Å². The van der Waals surface area contributed by atoms with Gasteiger partial charge in [0, 0.05) is 10.9 Å². The highest BCUT2D eigenvalue weighted by atomic mass is 79.9. The van der Waals surface area contributed by atoms with Crippen LogP contribution in [0.25, 0.3) is 0 Å². The van der Waals surface area contributed by atoms with Crippen molar-refractivity contribution in [3.8, 4) is 0 Å². The SMILES string of the molecule is FC(F)(Cl)c1ccc([C@H]2CC[C@H](CCCBr)CC2)cc1. The maximum absolute atomic E-state index is 13.0. The quantitative estimate of drug-likeness (QED) is 0.528. The van der Waals surface area contributed by atoms with Crippen LogP contribution in [-0.2, 0) is 5.38 Å². The topological polar surface area (TPSA) is 0 Å². The molecule has 0 nitrogen and oxygen atoms in total. The Morgan fingerprint density at radius 3 is 2.20 bits per heavy atom. The van der Waals surface area contributed by atoms with E-state index in [0.717, 1.165) is 11.2 Å². The zero-order valence-corrected chi connectivity index (χ0v) is 13.8. The van der Waals surface area contributed by atoms with Gasteiger partial charge in [-0.25, -0.2) is 0 Å². The van der Waals surface area contributed by atoms with Crippen LogP contribution in [0.3, 0.4) is 0 Å². The smallest absolute Gasteiger partial charge is 0.183 e. The monoisotopic (exact) mass is 364 g/mol. The Morgan fingerprint density at radius 1 is 1.10 bits per heavy atom. The molecule has 1 fully saturated rings. The summed E-state index contributed by atoms with van der Waals surface area (Å²) in [5, 5.41) is -2.17. The molecule has 0 amide bonds. The molecular formula is C16H20BrClF2. The van der Waals surface area contributed by atoms with Gasteiger partial charge in [-0.3, -0.25) is 0 Å². The van der Waals surface area contributed by atoms with Crippen molar-refractivity contribution in [3.63, 3.8) is 0 Å². The summed E-state index contributed by atoms with van der Waals surface area (Å²) in [5.74, 6) is 1.36. The summed E-state index contributed by atoms with van der Waals surface area (Å²) in [6.45, 7) is 0. The summed E-state index contributed by atoms with van der Waals surface area (Å²) in [5.41, 5.74) is 1.06. The molecule has 1 aromatic rings. The van der Waals surface area contributed by atoms with Crippen molar-refractivity contribution < 1.29 is 8.78 Å². The average molecular weight is 366 g/mol. The molecule has 0 aromatic heterocycles. The number of alkyl halides is 4. The summed E-state index contributed by atoms with van der Waals surface area (Å²) < 4.78 is 25.9. The summed E-state index contributed by atoms with van der Waals surface area (Å²) >= 11 is 8.50. The van der Waals surface area contributed by atoms with E-state index in [9.17, 15) is 8.78 Å². The molecule has 0 radical (unpaired) electrons. The van der Waals surface area contributed by atoms with Crippen LogP contribution in [-0.4, -0.2) is 5.33 Å².